The van der Waals surface area contributed by atoms with E-state index in [4.69, 9.17) is 16.3 Å². The molecule has 4 nitrogen and oxygen atoms in total. The Morgan fingerprint density at radius 1 is 1.33 bits per heavy atom. The van der Waals surface area contributed by atoms with Crippen molar-refractivity contribution in [3.05, 3.63) is 58.6 Å². The summed E-state index contributed by atoms with van der Waals surface area (Å²) < 4.78 is 17.9. The molecule has 0 atom stereocenters. The largest absolute Gasteiger partial charge is 0.496 e. The van der Waals surface area contributed by atoms with E-state index in [1.165, 1.54) is 25.4 Å². The number of amides is 1. The molecule has 0 spiro atoms. The fourth-order valence-corrected chi connectivity index (χ4v) is 2.09. The molecule has 0 aliphatic rings. The highest BCUT2D eigenvalue weighted by atomic mass is 35.5. The first-order valence-electron chi connectivity index (χ1n) is 6.33. The molecule has 6 heteroatoms. The zero-order chi connectivity index (χ0) is 15.2. The molecule has 1 amide bonds. The maximum absolute atomic E-state index is 12.8. The van der Waals surface area contributed by atoms with Crippen LogP contribution in [-0.4, -0.2) is 24.5 Å². The molecule has 1 N–H and O–H groups in total. The van der Waals surface area contributed by atoms with Gasteiger partial charge in [-0.15, -0.1) is 0 Å². The van der Waals surface area contributed by atoms with Gasteiger partial charge in [0, 0.05) is 12.7 Å². The molecule has 0 bridgehead atoms. The molecular weight excluding hydrogens is 295 g/mol. The minimum Gasteiger partial charge on any atom is -0.496 e. The minimum absolute atomic E-state index is 0.0913. The van der Waals surface area contributed by atoms with Crippen LogP contribution in [0.25, 0.3) is 0 Å². The highest BCUT2D eigenvalue weighted by Crippen LogP contribution is 2.23. The van der Waals surface area contributed by atoms with Crippen LogP contribution in [0.1, 0.15) is 15.9 Å². The van der Waals surface area contributed by atoms with Crippen molar-refractivity contribution in [3.8, 4) is 5.75 Å². The van der Waals surface area contributed by atoms with Crippen molar-refractivity contribution < 1.29 is 13.9 Å². The van der Waals surface area contributed by atoms with Crippen LogP contribution in [-0.2, 0) is 6.42 Å². The number of nitrogens with one attached hydrogen (secondary N) is 1. The minimum atomic E-state index is -0.355. The molecule has 0 fully saturated rings. The number of hydrogen-bond donors (Lipinski definition) is 1. The molecule has 110 valence electrons. The molecule has 1 aromatic heterocycles. The van der Waals surface area contributed by atoms with Gasteiger partial charge in [-0.1, -0.05) is 23.7 Å². The summed E-state index contributed by atoms with van der Waals surface area (Å²) >= 11 is 5.92. The number of ether oxygens (including phenoxy) is 1. The van der Waals surface area contributed by atoms with Crippen LogP contribution in [0.2, 0.25) is 5.15 Å². The first kappa shape index (κ1) is 15.3. The van der Waals surface area contributed by atoms with E-state index in [9.17, 15) is 9.18 Å². The Kier molecular flexibility index (Phi) is 5.11. The third-order valence-corrected chi connectivity index (χ3v) is 3.21. The lowest BCUT2D eigenvalue weighted by Gasteiger charge is -2.10. The van der Waals surface area contributed by atoms with Crippen molar-refractivity contribution in [3.63, 3.8) is 0 Å². The van der Waals surface area contributed by atoms with Gasteiger partial charge >= 0.3 is 0 Å². The Balaban J connectivity index is 1.97. The summed E-state index contributed by atoms with van der Waals surface area (Å²) in [6.45, 7) is 0.402. The van der Waals surface area contributed by atoms with Crippen molar-refractivity contribution in [2.75, 3.05) is 13.7 Å². The van der Waals surface area contributed by atoms with Gasteiger partial charge in [-0.25, -0.2) is 9.37 Å². The number of methoxy groups -OCH3 is 1. The Labute approximate surface area is 126 Å². The Hall–Kier alpha value is -2.14. The van der Waals surface area contributed by atoms with Crippen molar-refractivity contribution in [2.24, 2.45) is 0 Å². The highest BCUT2D eigenvalue weighted by Gasteiger charge is 2.16. The summed E-state index contributed by atoms with van der Waals surface area (Å²) in [7, 11) is 1.46. The monoisotopic (exact) mass is 308 g/mol. The average Bonchev–Trinajstić information content (AvgIpc) is 2.48. The molecule has 2 aromatic rings. The zero-order valence-electron chi connectivity index (χ0n) is 11.4. The fraction of sp³-hybridized carbons (Fsp3) is 0.200. The molecule has 0 aliphatic heterocycles. The number of pyridine rings is 1. The van der Waals surface area contributed by atoms with Gasteiger partial charge in [-0.05, 0) is 30.2 Å². The van der Waals surface area contributed by atoms with E-state index in [2.05, 4.69) is 10.3 Å². The van der Waals surface area contributed by atoms with Crippen LogP contribution < -0.4 is 10.1 Å². The first-order valence-corrected chi connectivity index (χ1v) is 6.70. The number of halogens is 2. The van der Waals surface area contributed by atoms with Gasteiger partial charge in [-0.3, -0.25) is 4.79 Å². The van der Waals surface area contributed by atoms with E-state index in [-0.39, 0.29) is 22.4 Å². The van der Waals surface area contributed by atoms with E-state index in [1.54, 1.807) is 18.2 Å². The van der Waals surface area contributed by atoms with Gasteiger partial charge in [0.2, 0.25) is 0 Å². The van der Waals surface area contributed by atoms with E-state index in [0.29, 0.717) is 18.7 Å². The van der Waals surface area contributed by atoms with Gasteiger partial charge in [0.1, 0.15) is 22.3 Å². The molecule has 1 heterocycles. The topological polar surface area (TPSA) is 51.2 Å². The number of hydrogen-bond acceptors (Lipinski definition) is 3. The summed E-state index contributed by atoms with van der Waals surface area (Å²) in [5.41, 5.74) is 1.14. The number of carbonyl (C=O) groups is 1. The van der Waals surface area contributed by atoms with Crippen LogP contribution in [0.5, 0.6) is 5.75 Å². The van der Waals surface area contributed by atoms with E-state index >= 15 is 0 Å². The molecule has 1 aromatic carbocycles. The maximum Gasteiger partial charge on any atom is 0.258 e. The average molecular weight is 309 g/mol. The molecule has 0 aliphatic carbocycles. The smallest absolute Gasteiger partial charge is 0.258 e. The van der Waals surface area contributed by atoms with Crippen LogP contribution in [0, 0.1) is 5.82 Å². The first-order chi connectivity index (χ1) is 10.1. The number of rotatable bonds is 5. The van der Waals surface area contributed by atoms with Crippen LogP contribution in [0.15, 0.2) is 36.5 Å². The molecule has 2 rings (SSSR count). The lowest BCUT2D eigenvalue weighted by Crippen LogP contribution is -2.26. The SMILES string of the molecule is COc1ccnc(Cl)c1C(=O)NCCc1ccc(F)cc1. The lowest BCUT2D eigenvalue weighted by atomic mass is 10.1. The van der Waals surface area contributed by atoms with Gasteiger partial charge in [0.25, 0.3) is 5.91 Å². The maximum atomic E-state index is 12.8. The molecule has 0 radical (unpaired) electrons. The molecule has 0 unspecified atom stereocenters. The van der Waals surface area contributed by atoms with Gasteiger partial charge in [-0.2, -0.15) is 0 Å². The van der Waals surface area contributed by atoms with Gasteiger partial charge < -0.3 is 10.1 Å². The zero-order valence-corrected chi connectivity index (χ0v) is 12.2. The Morgan fingerprint density at radius 3 is 2.71 bits per heavy atom. The second-order valence-corrected chi connectivity index (χ2v) is 4.67. The van der Waals surface area contributed by atoms with Gasteiger partial charge in [0.05, 0.1) is 7.11 Å². The molecule has 21 heavy (non-hydrogen) atoms. The van der Waals surface area contributed by atoms with Crippen LogP contribution in [0.3, 0.4) is 0 Å². The van der Waals surface area contributed by atoms with Crippen molar-refractivity contribution in [1.82, 2.24) is 10.3 Å². The summed E-state index contributed by atoms with van der Waals surface area (Å²) in [6.07, 6.45) is 2.06. The summed E-state index contributed by atoms with van der Waals surface area (Å²) in [5, 5.41) is 2.83. The molecular formula is C15H14ClFN2O2. The standard InChI is InChI=1S/C15H14ClFN2O2/c1-21-12-7-9-18-14(16)13(12)15(20)19-8-6-10-2-4-11(17)5-3-10/h2-5,7,9H,6,8H2,1H3,(H,19,20). The predicted molar refractivity (Wildman–Crippen MR) is 78.2 cm³/mol. The summed E-state index contributed by atoms with van der Waals surface area (Å²) in [4.78, 5) is 16.0. The number of benzene rings is 1. The van der Waals surface area contributed by atoms with Crippen molar-refractivity contribution >= 4 is 17.5 Å². The fourth-order valence-electron chi connectivity index (χ4n) is 1.86. The number of carbonyl (C=O) groups excluding carboxylic acids is 1. The molecule has 0 saturated carbocycles. The quantitative estimate of drug-likeness (QED) is 0.864. The molecule has 0 saturated heterocycles. The summed E-state index contributed by atoms with van der Waals surface area (Å²) in [6, 6.07) is 7.70. The summed E-state index contributed by atoms with van der Waals surface area (Å²) in [5.74, 6) is -0.268. The Bertz CT molecular complexity index is 632. The van der Waals surface area contributed by atoms with Crippen LogP contribution in [0.4, 0.5) is 4.39 Å². The number of nitrogens with zero attached hydrogens (tertiary/aromatic N) is 1. The lowest BCUT2D eigenvalue weighted by molar-refractivity contribution is 0.0951. The third-order valence-electron chi connectivity index (χ3n) is 2.93. The third kappa shape index (κ3) is 3.92. The predicted octanol–water partition coefficient (Wildman–Crippen LogP) is 2.86. The normalized spacial score (nSPS) is 10.2. The highest BCUT2D eigenvalue weighted by molar-refractivity contribution is 6.33. The Morgan fingerprint density at radius 2 is 2.05 bits per heavy atom. The second kappa shape index (κ2) is 7.04. The van der Waals surface area contributed by atoms with Crippen LogP contribution >= 0.6 is 11.6 Å². The van der Waals surface area contributed by atoms with Crippen molar-refractivity contribution in [1.29, 1.82) is 0 Å². The van der Waals surface area contributed by atoms with E-state index in [1.807, 2.05) is 0 Å². The van der Waals surface area contributed by atoms with Gasteiger partial charge in [0.15, 0.2) is 0 Å². The number of aromatic nitrogens is 1. The van der Waals surface area contributed by atoms with E-state index in [0.717, 1.165) is 5.56 Å². The van der Waals surface area contributed by atoms with Crippen molar-refractivity contribution in [2.45, 2.75) is 6.42 Å². The van der Waals surface area contributed by atoms with E-state index < -0.39 is 0 Å². The second-order valence-electron chi connectivity index (χ2n) is 4.31.